The van der Waals surface area contributed by atoms with Crippen LogP contribution in [0.15, 0.2) is 41.4 Å². The Morgan fingerprint density at radius 3 is 2.84 bits per heavy atom. The molecule has 1 heterocycles. The predicted octanol–water partition coefficient (Wildman–Crippen LogP) is 3.43. The molecule has 0 spiro atoms. The van der Waals surface area contributed by atoms with E-state index in [1.807, 2.05) is 18.4 Å². The number of benzene rings is 1. The molecule has 0 aliphatic rings. The van der Waals surface area contributed by atoms with Gasteiger partial charge in [-0.25, -0.2) is 14.2 Å². The monoisotopic (exact) mass is 279 g/mol. The molecule has 0 saturated carbocycles. The molecule has 2 rings (SSSR count). The first-order valence-corrected chi connectivity index (χ1v) is 6.54. The third kappa shape index (κ3) is 3.03. The third-order valence-corrected chi connectivity index (χ3v) is 3.10. The maximum Gasteiger partial charge on any atom is 0.341 e. The molecule has 0 amide bonds. The number of carboxylic acid groups (broad SMARTS) is 1. The Balaban J connectivity index is 2.41. The number of rotatable bonds is 4. The van der Waals surface area contributed by atoms with Crippen LogP contribution in [-0.4, -0.2) is 22.3 Å². The summed E-state index contributed by atoms with van der Waals surface area (Å²) < 4.78 is 18.5. The van der Waals surface area contributed by atoms with Gasteiger partial charge in [0, 0.05) is 4.90 Å². The van der Waals surface area contributed by atoms with Crippen molar-refractivity contribution in [3.8, 4) is 11.6 Å². The zero-order valence-corrected chi connectivity index (χ0v) is 10.8. The van der Waals surface area contributed by atoms with Gasteiger partial charge in [0.25, 0.3) is 0 Å². The number of aromatic nitrogens is 1. The number of nitrogens with zero attached hydrogens (tertiary/aromatic N) is 1. The number of ether oxygens (including phenoxy) is 1. The average Bonchev–Trinajstić information content (AvgIpc) is 2.41. The van der Waals surface area contributed by atoms with Gasteiger partial charge in [-0.05, 0) is 24.5 Å². The third-order valence-electron chi connectivity index (χ3n) is 2.32. The molecule has 1 N–H and O–H groups in total. The van der Waals surface area contributed by atoms with Gasteiger partial charge in [0.1, 0.15) is 17.1 Å². The fraction of sp³-hybridized carbons (Fsp3) is 0.0769. The number of para-hydroxylation sites is 1. The highest BCUT2D eigenvalue weighted by molar-refractivity contribution is 7.98. The number of carbonyl (C=O) groups is 1. The van der Waals surface area contributed by atoms with Gasteiger partial charge in [0.05, 0.1) is 6.20 Å². The SMILES string of the molecule is CSc1ccccc1Oc1ncc(F)cc1C(=O)O. The number of pyridine rings is 1. The molecular weight excluding hydrogens is 269 g/mol. The summed E-state index contributed by atoms with van der Waals surface area (Å²) in [5, 5.41) is 9.00. The lowest BCUT2D eigenvalue weighted by atomic mass is 10.2. The van der Waals surface area contributed by atoms with Gasteiger partial charge in [-0.15, -0.1) is 11.8 Å². The molecule has 0 saturated heterocycles. The van der Waals surface area contributed by atoms with Crippen molar-refractivity contribution in [3.05, 3.63) is 47.9 Å². The average molecular weight is 279 g/mol. The largest absolute Gasteiger partial charge is 0.477 e. The van der Waals surface area contributed by atoms with Crippen LogP contribution in [0, 0.1) is 5.82 Å². The van der Waals surface area contributed by atoms with E-state index in [2.05, 4.69) is 4.98 Å². The van der Waals surface area contributed by atoms with Crippen molar-refractivity contribution in [1.82, 2.24) is 4.98 Å². The van der Waals surface area contributed by atoms with E-state index in [1.165, 1.54) is 11.8 Å². The smallest absolute Gasteiger partial charge is 0.341 e. The normalized spacial score (nSPS) is 10.2. The van der Waals surface area contributed by atoms with Gasteiger partial charge in [0.2, 0.25) is 5.88 Å². The number of thioether (sulfide) groups is 1. The predicted molar refractivity (Wildman–Crippen MR) is 69.5 cm³/mol. The number of carboxylic acids is 1. The molecule has 0 unspecified atom stereocenters. The van der Waals surface area contributed by atoms with E-state index in [0.717, 1.165) is 17.2 Å². The molecule has 2 aromatic rings. The molecule has 19 heavy (non-hydrogen) atoms. The van der Waals surface area contributed by atoms with E-state index in [9.17, 15) is 9.18 Å². The lowest BCUT2D eigenvalue weighted by Gasteiger charge is -2.10. The van der Waals surface area contributed by atoms with Gasteiger partial charge in [-0.3, -0.25) is 0 Å². The summed E-state index contributed by atoms with van der Waals surface area (Å²) in [5.41, 5.74) is -0.309. The first kappa shape index (κ1) is 13.4. The summed E-state index contributed by atoms with van der Waals surface area (Å²) in [4.78, 5) is 15.5. The summed E-state index contributed by atoms with van der Waals surface area (Å²) in [5.74, 6) is -1.65. The quantitative estimate of drug-likeness (QED) is 0.869. The van der Waals surface area contributed by atoms with Crippen LogP contribution in [-0.2, 0) is 0 Å². The van der Waals surface area contributed by atoms with Gasteiger partial charge >= 0.3 is 5.97 Å². The minimum atomic E-state index is -1.29. The summed E-state index contributed by atoms with van der Waals surface area (Å²) in [6.07, 6.45) is 2.79. The van der Waals surface area contributed by atoms with Gasteiger partial charge in [-0.1, -0.05) is 12.1 Å². The van der Waals surface area contributed by atoms with Crippen molar-refractivity contribution >= 4 is 17.7 Å². The highest BCUT2D eigenvalue weighted by atomic mass is 32.2. The maximum absolute atomic E-state index is 13.0. The molecule has 0 radical (unpaired) electrons. The lowest BCUT2D eigenvalue weighted by Crippen LogP contribution is -2.03. The molecule has 0 aliphatic carbocycles. The van der Waals surface area contributed by atoms with Crippen molar-refractivity contribution in [2.24, 2.45) is 0 Å². The van der Waals surface area contributed by atoms with Crippen molar-refractivity contribution in [3.63, 3.8) is 0 Å². The van der Waals surface area contributed by atoms with Crippen LogP contribution in [0.3, 0.4) is 0 Å². The molecule has 98 valence electrons. The van der Waals surface area contributed by atoms with Crippen LogP contribution in [0.1, 0.15) is 10.4 Å². The first-order chi connectivity index (χ1) is 9.11. The van der Waals surface area contributed by atoms with Crippen molar-refractivity contribution in [2.75, 3.05) is 6.26 Å². The van der Waals surface area contributed by atoms with E-state index in [-0.39, 0.29) is 11.4 Å². The van der Waals surface area contributed by atoms with Crippen molar-refractivity contribution in [2.45, 2.75) is 4.90 Å². The maximum atomic E-state index is 13.0. The van der Waals surface area contributed by atoms with Crippen LogP contribution >= 0.6 is 11.8 Å². The molecule has 1 aromatic heterocycles. The Bertz CT molecular complexity index is 619. The van der Waals surface area contributed by atoms with Crippen LogP contribution < -0.4 is 4.74 Å². The Morgan fingerprint density at radius 2 is 2.16 bits per heavy atom. The number of halogens is 1. The minimum absolute atomic E-state index is 0.129. The van der Waals surface area contributed by atoms with Gasteiger partial charge in [-0.2, -0.15) is 0 Å². The minimum Gasteiger partial charge on any atom is -0.477 e. The molecule has 4 nitrogen and oxygen atoms in total. The lowest BCUT2D eigenvalue weighted by molar-refractivity contribution is 0.0692. The number of hydrogen-bond donors (Lipinski definition) is 1. The molecule has 0 aliphatic heterocycles. The Kier molecular flexibility index (Phi) is 4.01. The standard InChI is InChI=1S/C13H10FNO3S/c1-19-11-5-3-2-4-10(11)18-12-9(13(16)17)6-8(14)7-15-12/h2-7H,1H3,(H,16,17). The second-order valence-electron chi connectivity index (χ2n) is 3.56. The van der Waals surface area contributed by atoms with Crippen LogP contribution in [0.25, 0.3) is 0 Å². The highest BCUT2D eigenvalue weighted by Crippen LogP contribution is 2.31. The molecule has 0 atom stereocenters. The fourth-order valence-electron chi connectivity index (χ4n) is 1.47. The topological polar surface area (TPSA) is 59.4 Å². The highest BCUT2D eigenvalue weighted by Gasteiger charge is 2.16. The van der Waals surface area contributed by atoms with E-state index in [1.54, 1.807) is 12.1 Å². The van der Waals surface area contributed by atoms with Crippen molar-refractivity contribution in [1.29, 1.82) is 0 Å². The number of aromatic carboxylic acids is 1. The second-order valence-corrected chi connectivity index (χ2v) is 4.41. The van der Waals surface area contributed by atoms with Crippen LogP contribution in [0.2, 0.25) is 0 Å². The fourth-order valence-corrected chi connectivity index (χ4v) is 1.99. The molecule has 1 aromatic carbocycles. The summed E-state index contributed by atoms with van der Waals surface area (Å²) in [7, 11) is 0. The van der Waals surface area contributed by atoms with E-state index in [4.69, 9.17) is 9.84 Å². The molecule has 0 fully saturated rings. The van der Waals surface area contributed by atoms with E-state index < -0.39 is 11.8 Å². The molecule has 6 heteroatoms. The summed E-state index contributed by atoms with van der Waals surface area (Å²) in [6.45, 7) is 0. The van der Waals surface area contributed by atoms with Crippen LogP contribution in [0.4, 0.5) is 4.39 Å². The van der Waals surface area contributed by atoms with Gasteiger partial charge < -0.3 is 9.84 Å². The van der Waals surface area contributed by atoms with E-state index in [0.29, 0.717) is 5.75 Å². The van der Waals surface area contributed by atoms with E-state index >= 15 is 0 Å². The first-order valence-electron chi connectivity index (χ1n) is 5.31. The zero-order chi connectivity index (χ0) is 13.8. The molecule has 0 bridgehead atoms. The Labute approximate surface area is 113 Å². The van der Waals surface area contributed by atoms with Gasteiger partial charge in [0.15, 0.2) is 0 Å². The summed E-state index contributed by atoms with van der Waals surface area (Å²) >= 11 is 1.46. The van der Waals surface area contributed by atoms with Crippen molar-refractivity contribution < 1.29 is 19.0 Å². The van der Waals surface area contributed by atoms with Crippen LogP contribution in [0.5, 0.6) is 11.6 Å². The zero-order valence-electron chi connectivity index (χ0n) is 9.96. The summed E-state index contributed by atoms with van der Waals surface area (Å²) in [6, 6.07) is 8.02. The molecular formula is C13H10FNO3S. The Morgan fingerprint density at radius 1 is 1.42 bits per heavy atom. The number of hydrogen-bond acceptors (Lipinski definition) is 4. The Hall–Kier alpha value is -2.08. The second kappa shape index (κ2) is 5.71.